The number of hydrogen-bond acceptors (Lipinski definition) is 7. The summed E-state index contributed by atoms with van der Waals surface area (Å²) in [5.41, 5.74) is 2.29. The number of carbonyl (C=O) groups excluding carboxylic acids is 2. The van der Waals surface area contributed by atoms with Gasteiger partial charge in [-0.25, -0.2) is 4.79 Å². The molecule has 9 nitrogen and oxygen atoms in total. The van der Waals surface area contributed by atoms with Crippen molar-refractivity contribution in [2.24, 2.45) is 0 Å². The topological polar surface area (TPSA) is 96.9 Å². The summed E-state index contributed by atoms with van der Waals surface area (Å²) in [5, 5.41) is 2.71. The normalized spacial score (nSPS) is 16.8. The molecule has 0 spiro atoms. The van der Waals surface area contributed by atoms with Crippen LogP contribution in [0.15, 0.2) is 30.3 Å². The van der Waals surface area contributed by atoms with Crippen molar-refractivity contribution in [3.8, 4) is 6.01 Å². The van der Waals surface area contributed by atoms with Crippen LogP contribution in [0.5, 0.6) is 6.01 Å². The lowest BCUT2D eigenvalue weighted by Gasteiger charge is -2.38. The lowest BCUT2D eigenvalue weighted by atomic mass is 10.0. The van der Waals surface area contributed by atoms with E-state index in [0.29, 0.717) is 23.1 Å². The highest BCUT2D eigenvalue weighted by Crippen LogP contribution is 2.32. The molecule has 1 aromatic heterocycles. The average molecular weight is 510 g/mol. The molecule has 2 aromatic rings. The summed E-state index contributed by atoms with van der Waals surface area (Å²) < 4.78 is 11.1. The van der Waals surface area contributed by atoms with Crippen LogP contribution in [0, 0.1) is 13.8 Å². The van der Waals surface area contributed by atoms with E-state index in [0.717, 1.165) is 45.3 Å². The fourth-order valence-corrected chi connectivity index (χ4v) is 4.79. The lowest BCUT2D eigenvalue weighted by Crippen LogP contribution is -2.49. The Bertz CT molecular complexity index is 1070. The molecule has 9 heteroatoms. The standard InChI is InChI=1S/C28H39N5O4/c1-19-25(31-27(35)37-28(3,4)5)20(2)30-26(29-19)36-18-24(34)33(22-11-12-22)23-13-15-32(16-14-23)17-21-9-7-6-8-10-21/h6-10,22-23H,11-18H2,1-5H3,(H,31,35). The monoisotopic (exact) mass is 509 g/mol. The van der Waals surface area contributed by atoms with Crippen molar-refractivity contribution in [1.29, 1.82) is 0 Å². The number of hydrogen-bond donors (Lipinski definition) is 1. The second-order valence-electron chi connectivity index (χ2n) is 11.0. The van der Waals surface area contributed by atoms with Gasteiger partial charge in [0.05, 0.1) is 17.1 Å². The van der Waals surface area contributed by atoms with Crippen LogP contribution in [0.1, 0.15) is 63.4 Å². The van der Waals surface area contributed by atoms with Crippen molar-refractivity contribution in [3.05, 3.63) is 47.3 Å². The summed E-state index contributed by atoms with van der Waals surface area (Å²) in [6.45, 7) is 11.7. The Morgan fingerprint density at radius 2 is 1.59 bits per heavy atom. The zero-order valence-electron chi connectivity index (χ0n) is 22.6. The fourth-order valence-electron chi connectivity index (χ4n) is 4.79. The second-order valence-corrected chi connectivity index (χ2v) is 11.0. The molecule has 2 amide bonds. The Morgan fingerprint density at radius 1 is 1.00 bits per heavy atom. The van der Waals surface area contributed by atoms with Crippen molar-refractivity contribution in [2.45, 2.75) is 84.5 Å². The van der Waals surface area contributed by atoms with Crippen molar-refractivity contribution in [1.82, 2.24) is 19.8 Å². The van der Waals surface area contributed by atoms with Crippen LogP contribution in [0.4, 0.5) is 10.5 Å². The van der Waals surface area contributed by atoms with Gasteiger partial charge in [-0.1, -0.05) is 30.3 Å². The maximum atomic E-state index is 13.2. The third kappa shape index (κ3) is 7.64. The van der Waals surface area contributed by atoms with E-state index in [1.54, 1.807) is 34.6 Å². The highest BCUT2D eigenvalue weighted by atomic mass is 16.6. The molecule has 1 saturated carbocycles. The molecule has 2 aliphatic rings. The molecule has 200 valence electrons. The Hall–Kier alpha value is -3.20. The number of anilines is 1. The summed E-state index contributed by atoms with van der Waals surface area (Å²) in [6.07, 6.45) is 3.47. The molecule has 0 atom stereocenters. The van der Waals surface area contributed by atoms with E-state index in [1.807, 2.05) is 6.07 Å². The summed E-state index contributed by atoms with van der Waals surface area (Å²) in [4.78, 5) is 38.6. The van der Waals surface area contributed by atoms with Crippen molar-refractivity contribution in [3.63, 3.8) is 0 Å². The van der Waals surface area contributed by atoms with Gasteiger partial charge in [-0.2, -0.15) is 9.97 Å². The summed E-state index contributed by atoms with van der Waals surface area (Å²) in [5.74, 6) is -0.0149. The van der Waals surface area contributed by atoms with E-state index < -0.39 is 11.7 Å². The molecule has 1 aliphatic heterocycles. The highest BCUT2D eigenvalue weighted by Gasteiger charge is 2.38. The maximum absolute atomic E-state index is 13.2. The number of aryl methyl sites for hydroxylation is 2. The molecule has 37 heavy (non-hydrogen) atoms. The minimum Gasteiger partial charge on any atom is -0.453 e. The van der Waals surface area contributed by atoms with Crippen molar-refractivity contribution in [2.75, 3.05) is 25.0 Å². The number of piperidine rings is 1. The van der Waals surface area contributed by atoms with Crippen LogP contribution in [-0.4, -0.2) is 69.1 Å². The van der Waals surface area contributed by atoms with E-state index in [1.165, 1.54) is 5.56 Å². The largest absolute Gasteiger partial charge is 0.453 e. The Labute approximate surface area is 219 Å². The first-order valence-electron chi connectivity index (χ1n) is 13.1. The quantitative estimate of drug-likeness (QED) is 0.561. The summed E-state index contributed by atoms with van der Waals surface area (Å²) in [7, 11) is 0. The number of carbonyl (C=O) groups is 2. The van der Waals surface area contributed by atoms with Gasteiger partial charge < -0.3 is 14.4 Å². The van der Waals surface area contributed by atoms with Crippen LogP contribution in [-0.2, 0) is 16.1 Å². The fraction of sp³-hybridized carbons (Fsp3) is 0.571. The number of likely N-dealkylation sites (tertiary alicyclic amines) is 1. The van der Waals surface area contributed by atoms with Gasteiger partial charge in [0.15, 0.2) is 6.61 Å². The number of rotatable bonds is 8. The first-order chi connectivity index (χ1) is 17.6. The van der Waals surface area contributed by atoms with E-state index in [2.05, 4.69) is 49.4 Å². The second kappa shape index (κ2) is 11.5. The molecule has 2 heterocycles. The van der Waals surface area contributed by atoms with Crippen LogP contribution < -0.4 is 10.1 Å². The number of benzene rings is 1. The molecule has 1 aliphatic carbocycles. The maximum Gasteiger partial charge on any atom is 0.412 e. The van der Waals surface area contributed by atoms with Crippen LogP contribution in [0.2, 0.25) is 0 Å². The number of nitrogens with one attached hydrogen (secondary N) is 1. The average Bonchev–Trinajstić information content (AvgIpc) is 3.66. The van der Waals surface area contributed by atoms with E-state index in [9.17, 15) is 9.59 Å². The zero-order chi connectivity index (χ0) is 26.6. The lowest BCUT2D eigenvalue weighted by molar-refractivity contribution is -0.137. The minimum absolute atomic E-state index is 0.0149. The molecule has 1 N–H and O–H groups in total. The molecule has 0 unspecified atom stereocenters. The van der Waals surface area contributed by atoms with Gasteiger partial charge in [0.2, 0.25) is 0 Å². The zero-order valence-corrected chi connectivity index (χ0v) is 22.6. The van der Waals surface area contributed by atoms with Gasteiger partial charge in [-0.3, -0.25) is 15.0 Å². The van der Waals surface area contributed by atoms with Gasteiger partial charge in [-0.05, 0) is 65.9 Å². The van der Waals surface area contributed by atoms with Crippen LogP contribution >= 0.6 is 0 Å². The number of ether oxygens (including phenoxy) is 2. The van der Waals surface area contributed by atoms with Gasteiger partial charge in [-0.15, -0.1) is 0 Å². The molecular formula is C28H39N5O4. The predicted molar refractivity (Wildman–Crippen MR) is 141 cm³/mol. The number of amides is 2. The van der Waals surface area contributed by atoms with Crippen molar-refractivity contribution < 1.29 is 19.1 Å². The smallest absolute Gasteiger partial charge is 0.412 e. The molecule has 0 radical (unpaired) electrons. The SMILES string of the molecule is Cc1nc(OCC(=O)N(C2CC2)C2CCN(Cc3ccccc3)CC2)nc(C)c1NC(=O)OC(C)(C)C. The Morgan fingerprint density at radius 3 is 2.16 bits per heavy atom. The summed E-state index contributed by atoms with van der Waals surface area (Å²) in [6, 6.07) is 11.2. The van der Waals surface area contributed by atoms with E-state index in [-0.39, 0.29) is 24.6 Å². The predicted octanol–water partition coefficient (Wildman–Crippen LogP) is 4.47. The van der Waals surface area contributed by atoms with Gasteiger partial charge in [0.1, 0.15) is 5.60 Å². The Kier molecular flexibility index (Phi) is 8.32. The summed E-state index contributed by atoms with van der Waals surface area (Å²) >= 11 is 0. The van der Waals surface area contributed by atoms with Gasteiger partial charge in [0, 0.05) is 31.7 Å². The Balaban J connectivity index is 1.31. The molecule has 1 saturated heterocycles. The highest BCUT2D eigenvalue weighted by molar-refractivity contribution is 5.86. The third-order valence-electron chi connectivity index (χ3n) is 6.63. The van der Waals surface area contributed by atoms with Crippen molar-refractivity contribution >= 4 is 17.7 Å². The van der Waals surface area contributed by atoms with Gasteiger partial charge in [0.25, 0.3) is 5.91 Å². The van der Waals surface area contributed by atoms with E-state index >= 15 is 0 Å². The molecule has 2 fully saturated rings. The van der Waals surface area contributed by atoms with Crippen LogP contribution in [0.3, 0.4) is 0 Å². The van der Waals surface area contributed by atoms with E-state index in [4.69, 9.17) is 9.47 Å². The van der Waals surface area contributed by atoms with Gasteiger partial charge >= 0.3 is 12.1 Å². The molecule has 4 rings (SSSR count). The molecular weight excluding hydrogens is 470 g/mol. The first-order valence-corrected chi connectivity index (χ1v) is 13.1. The first kappa shape index (κ1) is 26.9. The number of nitrogens with zero attached hydrogens (tertiary/aromatic N) is 4. The molecule has 1 aromatic carbocycles. The number of aromatic nitrogens is 2. The molecule has 0 bridgehead atoms. The van der Waals surface area contributed by atoms with Crippen LogP contribution in [0.25, 0.3) is 0 Å². The minimum atomic E-state index is -0.609. The third-order valence-corrected chi connectivity index (χ3v) is 6.63.